The predicted octanol–water partition coefficient (Wildman–Crippen LogP) is 0.811. The van der Waals surface area contributed by atoms with Gasteiger partial charge in [-0.25, -0.2) is 12.7 Å². The van der Waals surface area contributed by atoms with Crippen molar-refractivity contribution in [2.75, 3.05) is 11.9 Å². The maximum Gasteiger partial charge on any atom is 0.259 e. The van der Waals surface area contributed by atoms with Crippen molar-refractivity contribution in [2.45, 2.75) is 38.5 Å². The summed E-state index contributed by atoms with van der Waals surface area (Å²) >= 11 is 1.26. The Labute approximate surface area is 116 Å². The average molecular weight is 304 g/mol. The molecule has 0 saturated carbocycles. The minimum absolute atomic E-state index is 0.0317. The van der Waals surface area contributed by atoms with Crippen LogP contribution in [0.4, 0.5) is 5.13 Å². The molecule has 1 aromatic heterocycles. The first-order valence-corrected chi connectivity index (χ1v) is 8.19. The maximum absolute atomic E-state index is 11.9. The number of anilines is 1. The third-order valence-corrected chi connectivity index (χ3v) is 6.15. The molecular weight excluding hydrogens is 288 g/mol. The molecule has 0 aromatic carbocycles. The highest BCUT2D eigenvalue weighted by atomic mass is 32.2. The highest BCUT2D eigenvalue weighted by Gasteiger charge is 2.60. The van der Waals surface area contributed by atoms with Crippen LogP contribution in [-0.4, -0.2) is 40.1 Å². The molecule has 2 heterocycles. The van der Waals surface area contributed by atoms with Crippen LogP contribution in [-0.2, 0) is 21.4 Å². The second-order valence-electron chi connectivity index (χ2n) is 4.75. The number of sulfonamides is 1. The molecule has 0 radical (unpaired) electrons. The predicted molar refractivity (Wildman–Crippen MR) is 72.2 cm³/mol. The standard InChI is InChI=1S/C10H16N4O3S2/c1-4-5-11-9-13-12-7(18-9)6-14-8(15)10(2,3)19(14,16)17/h4-6H2,1-3H3,(H,11,13). The lowest BCUT2D eigenvalue weighted by atomic mass is 10.2. The summed E-state index contributed by atoms with van der Waals surface area (Å²) in [6, 6.07) is 0. The largest absolute Gasteiger partial charge is 0.360 e. The number of nitrogens with zero attached hydrogens (tertiary/aromatic N) is 3. The first-order valence-electron chi connectivity index (χ1n) is 5.93. The third-order valence-electron chi connectivity index (χ3n) is 2.95. The molecule has 2 rings (SSSR count). The summed E-state index contributed by atoms with van der Waals surface area (Å²) in [6.07, 6.45) is 0.960. The van der Waals surface area contributed by atoms with E-state index in [0.29, 0.717) is 10.1 Å². The fourth-order valence-corrected chi connectivity index (χ4v) is 3.98. The molecule has 1 saturated heterocycles. The van der Waals surface area contributed by atoms with Gasteiger partial charge >= 0.3 is 0 Å². The SMILES string of the molecule is CCCNc1nnc(CN2C(=O)C(C)(C)S2(=O)=O)s1. The smallest absolute Gasteiger partial charge is 0.259 e. The molecule has 9 heteroatoms. The Morgan fingerprint density at radius 3 is 2.63 bits per heavy atom. The second-order valence-corrected chi connectivity index (χ2v) is 8.23. The van der Waals surface area contributed by atoms with Crippen LogP contribution in [0.1, 0.15) is 32.2 Å². The Morgan fingerprint density at radius 1 is 1.37 bits per heavy atom. The molecule has 1 aromatic rings. The van der Waals surface area contributed by atoms with E-state index in [1.165, 1.54) is 25.2 Å². The van der Waals surface area contributed by atoms with Crippen LogP contribution < -0.4 is 5.32 Å². The molecule has 19 heavy (non-hydrogen) atoms. The van der Waals surface area contributed by atoms with Gasteiger partial charge in [0.05, 0.1) is 6.54 Å². The number of amides is 1. The molecule has 0 aliphatic carbocycles. The van der Waals surface area contributed by atoms with Gasteiger partial charge in [-0.3, -0.25) is 4.79 Å². The van der Waals surface area contributed by atoms with Crippen molar-refractivity contribution < 1.29 is 13.2 Å². The van der Waals surface area contributed by atoms with E-state index < -0.39 is 20.7 Å². The van der Waals surface area contributed by atoms with Crippen LogP contribution in [0, 0.1) is 0 Å². The van der Waals surface area contributed by atoms with Crippen LogP contribution in [0.5, 0.6) is 0 Å². The Kier molecular flexibility index (Phi) is 3.52. The zero-order valence-electron chi connectivity index (χ0n) is 11.0. The Morgan fingerprint density at radius 2 is 2.05 bits per heavy atom. The summed E-state index contributed by atoms with van der Waals surface area (Å²) in [5, 5.41) is 12.0. The molecule has 0 atom stereocenters. The van der Waals surface area contributed by atoms with E-state index in [1.807, 2.05) is 6.92 Å². The Bertz CT molecular complexity index is 594. The summed E-state index contributed by atoms with van der Waals surface area (Å²) in [4.78, 5) is 11.8. The highest BCUT2D eigenvalue weighted by Crippen LogP contribution is 2.36. The van der Waals surface area contributed by atoms with E-state index in [1.54, 1.807) is 0 Å². The van der Waals surface area contributed by atoms with E-state index in [-0.39, 0.29) is 6.54 Å². The summed E-state index contributed by atoms with van der Waals surface area (Å²) in [5.41, 5.74) is 0. The van der Waals surface area contributed by atoms with Gasteiger partial charge in [0.1, 0.15) is 5.01 Å². The van der Waals surface area contributed by atoms with Gasteiger partial charge in [-0.2, -0.15) is 0 Å². The van der Waals surface area contributed by atoms with Crippen LogP contribution in [0.2, 0.25) is 0 Å². The topological polar surface area (TPSA) is 92.3 Å². The van der Waals surface area contributed by atoms with Crippen molar-refractivity contribution in [3.63, 3.8) is 0 Å². The van der Waals surface area contributed by atoms with E-state index >= 15 is 0 Å². The van der Waals surface area contributed by atoms with E-state index in [9.17, 15) is 13.2 Å². The molecule has 1 fully saturated rings. The number of hydrogen-bond donors (Lipinski definition) is 1. The molecule has 1 N–H and O–H groups in total. The second kappa shape index (κ2) is 4.71. The van der Waals surface area contributed by atoms with E-state index in [0.717, 1.165) is 17.3 Å². The van der Waals surface area contributed by atoms with Gasteiger partial charge in [0.15, 0.2) is 4.75 Å². The van der Waals surface area contributed by atoms with Crippen molar-refractivity contribution in [3.05, 3.63) is 5.01 Å². The van der Waals surface area contributed by atoms with Gasteiger partial charge in [0, 0.05) is 6.54 Å². The fourth-order valence-electron chi connectivity index (χ4n) is 1.66. The van der Waals surface area contributed by atoms with Crippen molar-refractivity contribution >= 4 is 32.4 Å². The number of carbonyl (C=O) groups excluding carboxylic acids is 1. The van der Waals surface area contributed by atoms with Gasteiger partial charge < -0.3 is 5.32 Å². The molecule has 1 aliphatic heterocycles. The Hall–Kier alpha value is -1.22. The third kappa shape index (κ3) is 2.20. The summed E-state index contributed by atoms with van der Waals surface area (Å²) in [7, 11) is -3.55. The number of carbonyl (C=O) groups is 1. The molecule has 106 valence electrons. The summed E-state index contributed by atoms with van der Waals surface area (Å²) in [5.74, 6) is -0.397. The quantitative estimate of drug-likeness (QED) is 0.865. The van der Waals surface area contributed by atoms with E-state index in [4.69, 9.17) is 0 Å². The molecule has 1 amide bonds. The summed E-state index contributed by atoms with van der Waals surface area (Å²) < 4.78 is 23.4. The van der Waals surface area contributed by atoms with Crippen LogP contribution in [0.25, 0.3) is 0 Å². The molecule has 7 nitrogen and oxygen atoms in total. The van der Waals surface area contributed by atoms with Crippen LogP contribution >= 0.6 is 11.3 Å². The van der Waals surface area contributed by atoms with Crippen molar-refractivity contribution in [1.29, 1.82) is 0 Å². The summed E-state index contributed by atoms with van der Waals surface area (Å²) in [6.45, 7) is 5.60. The molecule has 0 unspecified atom stereocenters. The van der Waals surface area contributed by atoms with Gasteiger partial charge in [-0.1, -0.05) is 18.3 Å². The molecule has 0 bridgehead atoms. The number of hydrogen-bond acceptors (Lipinski definition) is 7. The van der Waals surface area contributed by atoms with Crippen molar-refractivity contribution in [1.82, 2.24) is 14.5 Å². The van der Waals surface area contributed by atoms with Gasteiger partial charge in [-0.15, -0.1) is 10.2 Å². The first-order chi connectivity index (χ1) is 8.80. The zero-order chi connectivity index (χ0) is 14.3. The molecule has 0 spiro atoms. The van der Waals surface area contributed by atoms with Gasteiger partial charge in [0.2, 0.25) is 5.13 Å². The van der Waals surface area contributed by atoms with E-state index in [2.05, 4.69) is 15.5 Å². The lowest BCUT2D eigenvalue weighted by Crippen LogP contribution is -2.66. The molecular formula is C10H16N4O3S2. The lowest BCUT2D eigenvalue weighted by Gasteiger charge is -2.42. The maximum atomic E-state index is 11.9. The Balaban J connectivity index is 2.07. The van der Waals surface area contributed by atoms with Gasteiger partial charge in [-0.05, 0) is 20.3 Å². The average Bonchev–Trinajstić information content (AvgIpc) is 2.80. The van der Waals surface area contributed by atoms with Crippen LogP contribution in [0.15, 0.2) is 0 Å². The van der Waals surface area contributed by atoms with Crippen molar-refractivity contribution in [3.8, 4) is 0 Å². The van der Waals surface area contributed by atoms with Gasteiger partial charge in [0.25, 0.3) is 15.9 Å². The van der Waals surface area contributed by atoms with Crippen LogP contribution in [0.3, 0.4) is 0 Å². The number of rotatable bonds is 5. The normalized spacial score (nSPS) is 20.2. The lowest BCUT2D eigenvalue weighted by molar-refractivity contribution is -0.132. The minimum atomic E-state index is -3.55. The fraction of sp³-hybridized carbons (Fsp3) is 0.700. The highest BCUT2D eigenvalue weighted by molar-refractivity contribution is 7.94. The molecule has 1 aliphatic rings. The zero-order valence-corrected chi connectivity index (χ0v) is 12.6. The first kappa shape index (κ1) is 14.2. The van der Waals surface area contributed by atoms with Crippen molar-refractivity contribution in [2.24, 2.45) is 0 Å². The monoisotopic (exact) mass is 304 g/mol. The number of nitrogens with one attached hydrogen (secondary N) is 1. The number of aromatic nitrogens is 2. The minimum Gasteiger partial charge on any atom is -0.360 e.